The molecule has 6 heteroatoms. The summed E-state index contributed by atoms with van der Waals surface area (Å²) in [5.41, 5.74) is 3.35. The van der Waals surface area contributed by atoms with E-state index in [1.807, 2.05) is 54.6 Å². The molecular formula is C27H22N2O4. The Bertz CT molecular complexity index is 1320. The van der Waals surface area contributed by atoms with Crippen molar-refractivity contribution in [2.75, 3.05) is 14.2 Å². The number of para-hydroxylation sites is 1. The maximum atomic E-state index is 13.1. The highest BCUT2D eigenvalue weighted by molar-refractivity contribution is 6.22. The normalized spacial score (nSPS) is 19.3. The third kappa shape index (κ3) is 3.40. The quantitative estimate of drug-likeness (QED) is 0.526. The van der Waals surface area contributed by atoms with Crippen LogP contribution in [-0.2, 0) is 0 Å². The first-order chi connectivity index (χ1) is 16.1. The minimum absolute atomic E-state index is 0.0648. The summed E-state index contributed by atoms with van der Waals surface area (Å²) in [7, 11) is 3.19. The van der Waals surface area contributed by atoms with Crippen LogP contribution in [0.4, 0.5) is 0 Å². The average Bonchev–Trinajstić information content (AvgIpc) is 3.13. The highest BCUT2D eigenvalue weighted by Crippen LogP contribution is 2.47. The number of hydrogen-bond donors (Lipinski definition) is 1. The molecule has 2 aliphatic rings. The molecule has 0 unspecified atom stereocenters. The van der Waals surface area contributed by atoms with E-state index in [9.17, 15) is 9.90 Å². The van der Waals surface area contributed by atoms with E-state index in [4.69, 9.17) is 9.47 Å². The Labute approximate surface area is 191 Å². The molecule has 0 radical (unpaired) electrons. The first-order valence-electron chi connectivity index (χ1n) is 10.6. The lowest BCUT2D eigenvalue weighted by atomic mass is 9.84. The molecule has 0 fully saturated rings. The van der Waals surface area contributed by atoms with Gasteiger partial charge in [0.25, 0.3) is 0 Å². The van der Waals surface area contributed by atoms with Gasteiger partial charge in [0.1, 0.15) is 11.8 Å². The van der Waals surface area contributed by atoms with Crippen LogP contribution in [0.25, 0.3) is 5.76 Å². The Kier molecular flexibility index (Phi) is 5.26. The maximum Gasteiger partial charge on any atom is 0.199 e. The Morgan fingerprint density at radius 3 is 2.27 bits per heavy atom. The lowest BCUT2D eigenvalue weighted by molar-refractivity contribution is 0.103. The maximum absolute atomic E-state index is 13.1. The monoisotopic (exact) mass is 438 g/mol. The molecule has 1 aliphatic carbocycles. The predicted octanol–water partition coefficient (Wildman–Crippen LogP) is 6.04. The zero-order valence-electron chi connectivity index (χ0n) is 18.2. The summed E-state index contributed by atoms with van der Waals surface area (Å²) >= 11 is 0. The van der Waals surface area contributed by atoms with Crippen molar-refractivity contribution in [3.05, 3.63) is 112 Å². The van der Waals surface area contributed by atoms with Gasteiger partial charge in [-0.25, -0.2) is 0 Å². The fourth-order valence-corrected chi connectivity index (χ4v) is 4.48. The van der Waals surface area contributed by atoms with Crippen molar-refractivity contribution in [2.24, 2.45) is 10.2 Å². The van der Waals surface area contributed by atoms with E-state index in [1.54, 1.807) is 38.5 Å². The number of methoxy groups -OCH3 is 2. The number of fused-ring (bicyclic) bond motifs is 1. The Hall–Kier alpha value is -4.19. The summed E-state index contributed by atoms with van der Waals surface area (Å²) in [6.45, 7) is 0. The van der Waals surface area contributed by atoms with Crippen LogP contribution in [0.3, 0.4) is 0 Å². The molecule has 0 amide bonds. The molecule has 164 valence electrons. The minimum atomic E-state index is -0.400. The zero-order chi connectivity index (χ0) is 22.9. The zero-order valence-corrected chi connectivity index (χ0v) is 18.2. The van der Waals surface area contributed by atoms with Gasteiger partial charge >= 0.3 is 0 Å². The van der Waals surface area contributed by atoms with Crippen LogP contribution < -0.4 is 9.47 Å². The number of benzene rings is 3. The van der Waals surface area contributed by atoms with E-state index in [-0.39, 0.29) is 23.0 Å². The largest absolute Gasteiger partial charge is 0.506 e. The Morgan fingerprint density at radius 2 is 1.58 bits per heavy atom. The molecule has 33 heavy (non-hydrogen) atoms. The highest BCUT2D eigenvalue weighted by Gasteiger charge is 2.36. The Balaban J connectivity index is 1.63. The number of ketones is 1. The van der Waals surface area contributed by atoms with Crippen LogP contribution in [0.2, 0.25) is 0 Å². The molecule has 2 atom stereocenters. The fourth-order valence-electron chi connectivity index (χ4n) is 4.48. The van der Waals surface area contributed by atoms with E-state index >= 15 is 0 Å². The number of allylic oxidation sites excluding steroid dienone is 1. The second-order valence-electron chi connectivity index (χ2n) is 7.83. The Morgan fingerprint density at radius 1 is 0.848 bits per heavy atom. The van der Waals surface area contributed by atoms with Gasteiger partial charge in [-0.2, -0.15) is 10.2 Å². The predicted molar refractivity (Wildman–Crippen MR) is 125 cm³/mol. The van der Waals surface area contributed by atoms with Crippen LogP contribution in [0.15, 0.2) is 100 Å². The highest BCUT2D eigenvalue weighted by atomic mass is 16.5. The summed E-state index contributed by atoms with van der Waals surface area (Å²) in [5.74, 6) is 0.640. The lowest BCUT2D eigenvalue weighted by Gasteiger charge is -2.27. The van der Waals surface area contributed by atoms with Crippen LogP contribution >= 0.6 is 0 Å². The number of hydrogen-bond acceptors (Lipinski definition) is 6. The van der Waals surface area contributed by atoms with Crippen molar-refractivity contribution in [1.82, 2.24) is 0 Å². The lowest BCUT2D eigenvalue weighted by Crippen LogP contribution is -2.14. The van der Waals surface area contributed by atoms with Crippen LogP contribution in [0.1, 0.15) is 39.0 Å². The molecule has 6 nitrogen and oxygen atoms in total. The number of nitrogens with zero attached hydrogens (tertiary/aromatic N) is 2. The molecule has 0 spiro atoms. The average molecular weight is 438 g/mol. The van der Waals surface area contributed by atoms with E-state index < -0.39 is 6.04 Å². The molecule has 0 saturated heterocycles. The number of Topliss-reactive ketones (excluding diaryl/α,β-unsaturated/α-hetero) is 1. The van der Waals surface area contributed by atoms with Crippen LogP contribution in [-0.4, -0.2) is 25.1 Å². The number of azo groups is 1. The van der Waals surface area contributed by atoms with Crippen molar-refractivity contribution in [2.45, 2.75) is 12.0 Å². The van der Waals surface area contributed by atoms with Gasteiger partial charge in [0, 0.05) is 22.6 Å². The van der Waals surface area contributed by atoms with Crippen LogP contribution in [0.5, 0.6) is 11.5 Å². The molecule has 0 bridgehead atoms. The van der Waals surface area contributed by atoms with Crippen molar-refractivity contribution in [3.8, 4) is 11.5 Å². The SMILES string of the molecule is COc1cccc([C@@H]2N=NC(C3=C(O)c4ccccc4C3=O)=C[C@@H]2c2ccccc2)c1OC. The fraction of sp³-hybridized carbons (Fsp3) is 0.148. The number of ether oxygens (including phenoxy) is 2. The van der Waals surface area contributed by atoms with Gasteiger partial charge in [-0.05, 0) is 17.7 Å². The first-order valence-corrected chi connectivity index (χ1v) is 10.6. The summed E-state index contributed by atoms with van der Waals surface area (Å²) in [5, 5.41) is 19.9. The van der Waals surface area contributed by atoms with E-state index in [2.05, 4.69) is 10.2 Å². The summed E-state index contributed by atoms with van der Waals surface area (Å²) in [4.78, 5) is 13.1. The second kappa shape index (κ2) is 8.39. The van der Waals surface area contributed by atoms with Crippen molar-refractivity contribution in [1.29, 1.82) is 0 Å². The van der Waals surface area contributed by atoms with Gasteiger partial charge in [-0.3, -0.25) is 4.79 Å². The molecule has 0 aromatic heterocycles. The molecule has 1 aliphatic heterocycles. The smallest absolute Gasteiger partial charge is 0.199 e. The van der Waals surface area contributed by atoms with Gasteiger partial charge in [-0.15, -0.1) is 0 Å². The van der Waals surface area contributed by atoms with Crippen molar-refractivity contribution in [3.63, 3.8) is 0 Å². The topological polar surface area (TPSA) is 80.5 Å². The molecule has 1 N–H and O–H groups in total. The van der Waals surface area contributed by atoms with E-state index in [0.29, 0.717) is 28.3 Å². The van der Waals surface area contributed by atoms with Gasteiger partial charge in [0.15, 0.2) is 17.3 Å². The molecule has 0 saturated carbocycles. The molecule has 5 rings (SSSR count). The molecule has 1 heterocycles. The molecule has 3 aromatic rings. The van der Waals surface area contributed by atoms with Crippen LogP contribution in [0, 0.1) is 0 Å². The summed E-state index contributed by atoms with van der Waals surface area (Å²) in [6.07, 6.45) is 1.90. The summed E-state index contributed by atoms with van der Waals surface area (Å²) < 4.78 is 11.1. The van der Waals surface area contributed by atoms with Gasteiger partial charge in [-0.1, -0.05) is 66.7 Å². The van der Waals surface area contributed by atoms with Crippen molar-refractivity contribution < 1.29 is 19.4 Å². The van der Waals surface area contributed by atoms with Gasteiger partial charge in [0.05, 0.1) is 25.5 Å². The first kappa shape index (κ1) is 20.7. The van der Waals surface area contributed by atoms with Gasteiger partial charge < -0.3 is 14.6 Å². The molecular weight excluding hydrogens is 416 g/mol. The van der Waals surface area contributed by atoms with E-state index in [0.717, 1.165) is 11.1 Å². The number of carbonyl (C=O) groups excluding carboxylic acids is 1. The number of aliphatic hydroxyl groups is 1. The number of rotatable bonds is 5. The van der Waals surface area contributed by atoms with Gasteiger partial charge in [0.2, 0.25) is 0 Å². The standard InChI is InChI=1S/C27H22N2O4/c1-32-22-14-8-13-19(27(22)33-2)24-20(16-9-4-3-5-10-16)15-21(28-29-24)23-25(30)17-11-6-7-12-18(17)26(23)31/h3-15,20,24,30H,1-2H3/t20-,24+/m1/s1. The number of aliphatic hydroxyl groups excluding tert-OH is 1. The number of carbonyl (C=O) groups is 1. The molecule has 3 aromatic carbocycles. The second-order valence-corrected chi connectivity index (χ2v) is 7.83. The minimum Gasteiger partial charge on any atom is -0.506 e. The third-order valence-electron chi connectivity index (χ3n) is 6.05. The van der Waals surface area contributed by atoms with Crippen molar-refractivity contribution >= 4 is 11.5 Å². The third-order valence-corrected chi connectivity index (χ3v) is 6.05. The van der Waals surface area contributed by atoms with E-state index in [1.165, 1.54) is 0 Å². The summed E-state index contributed by atoms with van der Waals surface area (Å²) in [6, 6.07) is 22.2.